The van der Waals surface area contributed by atoms with Gasteiger partial charge >= 0.3 is 0 Å². The van der Waals surface area contributed by atoms with Crippen LogP contribution in [0, 0.1) is 13.8 Å². The molecule has 6 nitrogen and oxygen atoms in total. The lowest BCUT2D eigenvalue weighted by Crippen LogP contribution is -2.40. The van der Waals surface area contributed by atoms with Crippen molar-refractivity contribution in [1.82, 2.24) is 20.6 Å². The van der Waals surface area contributed by atoms with Crippen LogP contribution < -0.4 is 16.0 Å². The second kappa shape index (κ2) is 11.8. The minimum absolute atomic E-state index is 0. The molecule has 0 aliphatic rings. The van der Waals surface area contributed by atoms with E-state index < -0.39 is 0 Å². The Bertz CT molecular complexity index is 718. The third kappa shape index (κ3) is 7.42. The number of anilines is 1. The number of pyridine rings is 1. The lowest BCUT2D eigenvalue weighted by Gasteiger charge is -2.12. The van der Waals surface area contributed by atoms with Crippen molar-refractivity contribution in [2.45, 2.75) is 20.3 Å². The number of rotatable bonds is 7. The Labute approximate surface area is 185 Å². The van der Waals surface area contributed by atoms with Gasteiger partial charge in [-0.3, -0.25) is 4.99 Å². The fourth-order valence-electron chi connectivity index (χ4n) is 2.06. The van der Waals surface area contributed by atoms with Crippen molar-refractivity contribution >= 4 is 70.3 Å². The van der Waals surface area contributed by atoms with Crippen LogP contribution in [0.15, 0.2) is 17.3 Å². The van der Waals surface area contributed by atoms with E-state index in [4.69, 9.17) is 23.2 Å². The Morgan fingerprint density at radius 1 is 1.19 bits per heavy atom. The predicted molar refractivity (Wildman–Crippen MR) is 123 cm³/mol. The smallest absolute Gasteiger partial charge is 0.191 e. The molecule has 0 spiro atoms. The molecule has 26 heavy (non-hydrogen) atoms. The summed E-state index contributed by atoms with van der Waals surface area (Å²) in [6.45, 7) is 6.25. The van der Waals surface area contributed by atoms with Crippen LogP contribution in [-0.2, 0) is 6.42 Å². The molecule has 0 atom stereocenters. The second-order valence-electron chi connectivity index (χ2n) is 5.34. The van der Waals surface area contributed by atoms with Crippen molar-refractivity contribution in [2.24, 2.45) is 4.99 Å². The van der Waals surface area contributed by atoms with E-state index in [1.165, 1.54) is 4.88 Å². The van der Waals surface area contributed by atoms with E-state index in [1.807, 2.05) is 6.92 Å². The van der Waals surface area contributed by atoms with Gasteiger partial charge in [-0.1, -0.05) is 23.2 Å². The fraction of sp³-hybridized carbons (Fsp3) is 0.438. The minimum Gasteiger partial charge on any atom is -0.367 e. The first-order chi connectivity index (χ1) is 12.0. The molecule has 2 rings (SSSR count). The number of nitrogens with zero attached hydrogens (tertiary/aromatic N) is 3. The zero-order valence-corrected chi connectivity index (χ0v) is 19.6. The Kier molecular flexibility index (Phi) is 10.5. The van der Waals surface area contributed by atoms with Gasteiger partial charge in [0, 0.05) is 44.2 Å². The van der Waals surface area contributed by atoms with Gasteiger partial charge in [-0.05, 0) is 19.9 Å². The summed E-state index contributed by atoms with van der Waals surface area (Å²) in [6.07, 6.45) is 2.44. The van der Waals surface area contributed by atoms with E-state index in [2.05, 4.69) is 37.8 Å². The van der Waals surface area contributed by atoms with Crippen LogP contribution in [0.4, 0.5) is 5.82 Å². The Balaban J connectivity index is 0.00000338. The molecular formula is C16H23Cl2IN6S. The average Bonchev–Trinajstić information content (AvgIpc) is 2.89. The Hall–Kier alpha value is -0.840. The van der Waals surface area contributed by atoms with Crippen molar-refractivity contribution < 1.29 is 0 Å². The molecule has 2 heterocycles. The van der Waals surface area contributed by atoms with E-state index >= 15 is 0 Å². The molecule has 0 fully saturated rings. The molecule has 0 radical (unpaired) electrons. The van der Waals surface area contributed by atoms with Gasteiger partial charge in [-0.15, -0.1) is 35.3 Å². The van der Waals surface area contributed by atoms with Gasteiger partial charge in [0.1, 0.15) is 5.82 Å². The van der Waals surface area contributed by atoms with Crippen LogP contribution in [-0.4, -0.2) is 42.6 Å². The van der Waals surface area contributed by atoms with E-state index in [1.54, 1.807) is 30.6 Å². The molecule has 3 N–H and O–H groups in total. The summed E-state index contributed by atoms with van der Waals surface area (Å²) in [7, 11) is 1.75. The first-order valence-corrected chi connectivity index (χ1v) is 9.49. The van der Waals surface area contributed by atoms with Crippen LogP contribution in [0.1, 0.15) is 15.6 Å². The normalized spacial score (nSPS) is 11.0. The first-order valence-electron chi connectivity index (χ1n) is 7.92. The van der Waals surface area contributed by atoms with Gasteiger partial charge in [0.25, 0.3) is 0 Å². The van der Waals surface area contributed by atoms with Gasteiger partial charge < -0.3 is 16.0 Å². The van der Waals surface area contributed by atoms with E-state index in [-0.39, 0.29) is 24.0 Å². The Morgan fingerprint density at radius 2 is 1.92 bits per heavy atom. The van der Waals surface area contributed by atoms with E-state index in [9.17, 15) is 0 Å². The highest BCUT2D eigenvalue weighted by atomic mass is 127. The highest BCUT2D eigenvalue weighted by Crippen LogP contribution is 2.22. The molecule has 0 unspecified atom stereocenters. The van der Waals surface area contributed by atoms with Crippen molar-refractivity contribution in [3.63, 3.8) is 0 Å². The molecule has 144 valence electrons. The van der Waals surface area contributed by atoms with Crippen LogP contribution in [0.2, 0.25) is 10.0 Å². The zero-order chi connectivity index (χ0) is 18.2. The van der Waals surface area contributed by atoms with Crippen LogP contribution in [0.25, 0.3) is 0 Å². The second-order valence-corrected chi connectivity index (χ2v) is 7.47. The first kappa shape index (κ1) is 23.2. The van der Waals surface area contributed by atoms with E-state index in [0.29, 0.717) is 29.0 Å². The molecule has 0 aliphatic carbocycles. The summed E-state index contributed by atoms with van der Waals surface area (Å²) < 4.78 is 0. The topological polar surface area (TPSA) is 74.2 Å². The maximum atomic E-state index is 6.07. The number of aromatic nitrogens is 2. The molecule has 2 aromatic rings. The molecule has 0 aromatic carbocycles. The van der Waals surface area contributed by atoms with Crippen molar-refractivity contribution in [1.29, 1.82) is 0 Å². The lowest BCUT2D eigenvalue weighted by molar-refractivity contribution is 0.793. The van der Waals surface area contributed by atoms with Gasteiger partial charge in [0.2, 0.25) is 0 Å². The van der Waals surface area contributed by atoms with Crippen molar-refractivity contribution in [3.05, 3.63) is 37.9 Å². The summed E-state index contributed by atoms with van der Waals surface area (Å²) in [4.78, 5) is 14.2. The Morgan fingerprint density at radius 3 is 2.54 bits per heavy atom. The molecule has 0 bridgehead atoms. The average molecular weight is 529 g/mol. The third-order valence-electron chi connectivity index (χ3n) is 3.45. The van der Waals surface area contributed by atoms with Gasteiger partial charge in [0.05, 0.1) is 20.7 Å². The SMILES string of the molecule is CN=C(NCCNc1ncc(Cl)cc1Cl)NCCc1nc(C)c(C)s1.I. The number of guanidine groups is 1. The highest BCUT2D eigenvalue weighted by Gasteiger charge is 2.05. The summed E-state index contributed by atoms with van der Waals surface area (Å²) in [6, 6.07) is 1.66. The quantitative estimate of drug-likeness (QED) is 0.220. The molecule has 10 heteroatoms. The van der Waals surface area contributed by atoms with Crippen molar-refractivity contribution in [2.75, 3.05) is 32.0 Å². The lowest BCUT2D eigenvalue weighted by atomic mass is 10.4. The molecule has 0 saturated carbocycles. The summed E-state index contributed by atoms with van der Waals surface area (Å²) >= 11 is 13.6. The maximum Gasteiger partial charge on any atom is 0.191 e. The standard InChI is InChI=1S/C16H22Cl2N6S.HI/c1-10-11(2)25-14(24-10)4-5-21-16(19-3)22-7-6-20-15-13(18)8-12(17)9-23-15;/h8-9H,4-7H2,1-3H3,(H,20,23)(H2,19,21,22);1H. The summed E-state index contributed by atoms with van der Waals surface area (Å²) in [5.74, 6) is 1.37. The number of nitrogens with one attached hydrogen (secondary N) is 3. The molecule has 0 saturated heterocycles. The summed E-state index contributed by atoms with van der Waals surface area (Å²) in [5, 5.41) is 11.8. The number of halogens is 3. The van der Waals surface area contributed by atoms with E-state index in [0.717, 1.165) is 29.6 Å². The largest absolute Gasteiger partial charge is 0.367 e. The zero-order valence-electron chi connectivity index (χ0n) is 14.9. The van der Waals surface area contributed by atoms with Gasteiger partial charge in [-0.25, -0.2) is 9.97 Å². The summed E-state index contributed by atoms with van der Waals surface area (Å²) in [5.41, 5.74) is 1.11. The number of thiazole rings is 1. The van der Waals surface area contributed by atoms with Gasteiger partial charge in [0.15, 0.2) is 5.96 Å². The fourth-order valence-corrected chi connectivity index (χ4v) is 3.44. The minimum atomic E-state index is 0. The molecule has 0 aliphatic heterocycles. The number of hydrogen-bond donors (Lipinski definition) is 3. The highest BCUT2D eigenvalue weighted by molar-refractivity contribution is 14.0. The number of aryl methyl sites for hydroxylation is 2. The van der Waals surface area contributed by atoms with Crippen LogP contribution in [0.5, 0.6) is 0 Å². The molecule has 0 amide bonds. The molecule has 2 aromatic heterocycles. The van der Waals surface area contributed by atoms with Crippen molar-refractivity contribution in [3.8, 4) is 0 Å². The monoisotopic (exact) mass is 528 g/mol. The number of aliphatic imine (C=N–C) groups is 1. The maximum absolute atomic E-state index is 6.07. The number of hydrogen-bond acceptors (Lipinski definition) is 5. The third-order valence-corrected chi connectivity index (χ3v) is 5.07. The van der Waals surface area contributed by atoms with Crippen LogP contribution >= 0.6 is 58.5 Å². The predicted octanol–water partition coefficient (Wildman–Crippen LogP) is 3.90. The van der Waals surface area contributed by atoms with Crippen LogP contribution in [0.3, 0.4) is 0 Å². The molecular weight excluding hydrogens is 506 g/mol. The van der Waals surface area contributed by atoms with Gasteiger partial charge in [-0.2, -0.15) is 0 Å².